The van der Waals surface area contributed by atoms with Gasteiger partial charge in [-0.3, -0.25) is 9.59 Å². The lowest BCUT2D eigenvalue weighted by atomic mass is 10.1. The normalized spacial score (nSPS) is 11.3. The predicted molar refractivity (Wildman–Crippen MR) is 112 cm³/mol. The first-order valence-corrected chi connectivity index (χ1v) is 9.62. The second kappa shape index (κ2) is 8.65. The van der Waals surface area contributed by atoms with E-state index in [9.17, 15) is 27.6 Å². The van der Waals surface area contributed by atoms with Gasteiger partial charge in [-0.2, -0.15) is 23.1 Å². The summed E-state index contributed by atoms with van der Waals surface area (Å²) in [6.07, 6.45) is -1.46. The zero-order chi connectivity index (χ0) is 24.5. The van der Waals surface area contributed by atoms with Crippen LogP contribution >= 0.6 is 0 Å². The quantitative estimate of drug-likeness (QED) is 0.434. The van der Waals surface area contributed by atoms with Gasteiger partial charge in [0.1, 0.15) is 11.1 Å². The molecule has 2 aromatic heterocycles. The number of rotatable bonds is 5. The number of hydrogen-bond acceptors (Lipinski definition) is 5. The average molecular weight is 470 g/mol. The van der Waals surface area contributed by atoms with Crippen LogP contribution in [0.1, 0.15) is 20.7 Å². The second-order valence-corrected chi connectivity index (χ2v) is 7.01. The van der Waals surface area contributed by atoms with E-state index in [1.54, 1.807) is 53.3 Å². The molecule has 2 aromatic carbocycles. The third kappa shape index (κ3) is 4.70. The van der Waals surface area contributed by atoms with Crippen LogP contribution in [0.15, 0.2) is 73.2 Å². The van der Waals surface area contributed by atoms with E-state index in [4.69, 9.17) is 5.73 Å². The first-order chi connectivity index (χ1) is 16.1. The molecule has 2 amide bonds. The third-order valence-electron chi connectivity index (χ3n) is 4.65. The van der Waals surface area contributed by atoms with Gasteiger partial charge in [0, 0.05) is 28.1 Å². The fourth-order valence-corrected chi connectivity index (χ4v) is 3.07. The Bertz CT molecular complexity index is 1410. The summed E-state index contributed by atoms with van der Waals surface area (Å²) in [5.74, 6) is -3.65. The average Bonchev–Trinajstić information content (AvgIpc) is 3.23. The summed E-state index contributed by atoms with van der Waals surface area (Å²) < 4.78 is 39.1. The van der Waals surface area contributed by atoms with Gasteiger partial charge in [0.05, 0.1) is 11.3 Å². The smallest absolute Gasteiger partial charge is 0.366 e. The Balaban J connectivity index is 1.49. The molecule has 0 radical (unpaired) electrons. The number of halogens is 3. The van der Waals surface area contributed by atoms with Crippen molar-refractivity contribution in [2.75, 3.05) is 5.32 Å². The Morgan fingerprint density at radius 1 is 1.03 bits per heavy atom. The second-order valence-electron chi connectivity index (χ2n) is 7.01. The number of nitrogens with two attached hydrogens (primary N) is 1. The molecule has 0 aliphatic heterocycles. The van der Waals surface area contributed by atoms with E-state index in [2.05, 4.69) is 15.3 Å². The summed E-state index contributed by atoms with van der Waals surface area (Å²) >= 11 is 0. The standard InChI is InChI=1S/C22H14F3N5O4/c23-22(24,25)21(33)34-29-10-2-4-14(11-29)20(32)27-15-6-8-16(9-7-15)30-12-13-3-1-5-17(19(26)31)18(13)28-30/h1-12H,(H2-,26,27,31,32)/p+1. The number of alkyl halides is 3. The molecule has 0 aliphatic carbocycles. The van der Waals surface area contributed by atoms with Gasteiger partial charge in [-0.25, -0.2) is 9.48 Å². The maximum Gasteiger partial charge on any atom is 0.498 e. The van der Waals surface area contributed by atoms with E-state index in [-0.39, 0.29) is 5.56 Å². The molecular weight excluding hydrogens is 455 g/mol. The zero-order valence-electron chi connectivity index (χ0n) is 17.1. The highest BCUT2D eigenvalue weighted by molar-refractivity contribution is 6.05. The van der Waals surface area contributed by atoms with Gasteiger partial charge in [0.25, 0.3) is 11.8 Å². The Morgan fingerprint density at radius 2 is 1.76 bits per heavy atom. The van der Waals surface area contributed by atoms with Crippen molar-refractivity contribution in [1.29, 1.82) is 0 Å². The Kier molecular flexibility index (Phi) is 5.72. The molecule has 9 nitrogen and oxygen atoms in total. The van der Waals surface area contributed by atoms with Gasteiger partial charge in [-0.1, -0.05) is 12.1 Å². The highest BCUT2D eigenvalue weighted by Crippen LogP contribution is 2.20. The number of fused-ring (bicyclic) bond motifs is 1. The third-order valence-corrected chi connectivity index (χ3v) is 4.65. The number of pyridine rings is 1. The number of carbonyl (C=O) groups excluding carboxylic acids is 3. The molecule has 172 valence electrons. The largest absolute Gasteiger partial charge is 0.498 e. The van der Waals surface area contributed by atoms with Crippen molar-refractivity contribution in [3.05, 3.63) is 84.3 Å². The van der Waals surface area contributed by atoms with Gasteiger partial charge >= 0.3 is 12.1 Å². The number of anilines is 1. The molecule has 12 heteroatoms. The first kappa shape index (κ1) is 22.5. The lowest BCUT2D eigenvalue weighted by molar-refractivity contribution is -0.871. The molecule has 34 heavy (non-hydrogen) atoms. The molecule has 0 bridgehead atoms. The highest BCUT2D eigenvalue weighted by atomic mass is 19.4. The Morgan fingerprint density at radius 3 is 2.44 bits per heavy atom. The molecule has 3 N–H and O–H groups in total. The topological polar surface area (TPSA) is 120 Å². The van der Waals surface area contributed by atoms with Crippen molar-refractivity contribution in [3.8, 4) is 5.69 Å². The Labute approximate surface area is 189 Å². The van der Waals surface area contributed by atoms with Gasteiger partial charge in [0.2, 0.25) is 12.4 Å². The number of benzene rings is 2. The van der Waals surface area contributed by atoms with Crippen LogP contribution in [0.2, 0.25) is 0 Å². The molecule has 4 rings (SSSR count). The number of aromatic nitrogens is 3. The molecule has 0 atom stereocenters. The van der Waals surface area contributed by atoms with Crippen molar-refractivity contribution < 1.29 is 37.1 Å². The number of nitrogens with one attached hydrogen (secondary N) is 1. The predicted octanol–water partition coefficient (Wildman–Crippen LogP) is 2.18. The van der Waals surface area contributed by atoms with Gasteiger partial charge in [-0.15, -0.1) is 0 Å². The monoisotopic (exact) mass is 470 g/mol. The van der Waals surface area contributed by atoms with E-state index < -0.39 is 24.0 Å². The lowest BCUT2D eigenvalue weighted by Gasteiger charge is -2.06. The summed E-state index contributed by atoms with van der Waals surface area (Å²) in [7, 11) is 0. The summed E-state index contributed by atoms with van der Waals surface area (Å²) in [5, 5.41) is 7.71. The molecule has 2 heterocycles. The Hall–Kier alpha value is -4.74. The fourth-order valence-electron chi connectivity index (χ4n) is 3.07. The van der Waals surface area contributed by atoms with Gasteiger partial charge in [0.15, 0.2) is 0 Å². The molecule has 0 saturated carbocycles. The summed E-state index contributed by atoms with van der Waals surface area (Å²) in [4.78, 5) is 39.2. The lowest BCUT2D eigenvalue weighted by Crippen LogP contribution is -2.50. The van der Waals surface area contributed by atoms with Gasteiger partial charge in [-0.05, 0) is 36.4 Å². The minimum Gasteiger partial charge on any atom is -0.366 e. The number of carbonyl (C=O) groups is 3. The van der Waals surface area contributed by atoms with E-state index in [0.717, 1.165) is 17.8 Å². The van der Waals surface area contributed by atoms with Crippen molar-refractivity contribution in [2.24, 2.45) is 5.73 Å². The van der Waals surface area contributed by atoms with E-state index in [1.165, 1.54) is 12.1 Å². The molecule has 4 aromatic rings. The molecule has 0 fully saturated rings. The van der Waals surface area contributed by atoms with Crippen LogP contribution < -0.4 is 20.6 Å². The van der Waals surface area contributed by atoms with Crippen molar-refractivity contribution >= 4 is 34.4 Å². The molecule has 0 aliphatic rings. The van der Waals surface area contributed by atoms with Crippen molar-refractivity contribution in [1.82, 2.24) is 9.78 Å². The molecule has 0 saturated heterocycles. The maximum atomic E-state index is 12.5. The van der Waals surface area contributed by atoms with Crippen LogP contribution in [0.4, 0.5) is 18.9 Å². The van der Waals surface area contributed by atoms with Crippen LogP contribution in [0.5, 0.6) is 0 Å². The van der Waals surface area contributed by atoms with Crippen LogP contribution in [-0.2, 0) is 4.79 Å². The fraction of sp³-hybridized carbons (Fsp3) is 0.0455. The van der Waals surface area contributed by atoms with Crippen molar-refractivity contribution in [3.63, 3.8) is 0 Å². The minimum absolute atomic E-state index is 0.0427. The van der Waals surface area contributed by atoms with Crippen LogP contribution in [-0.4, -0.2) is 33.7 Å². The van der Waals surface area contributed by atoms with Crippen LogP contribution in [0.3, 0.4) is 0 Å². The maximum absolute atomic E-state index is 12.5. The summed E-state index contributed by atoms with van der Waals surface area (Å²) in [6.45, 7) is 0. The number of amides is 2. The van der Waals surface area contributed by atoms with Crippen LogP contribution in [0.25, 0.3) is 16.6 Å². The number of nitrogens with zero attached hydrogens (tertiary/aromatic N) is 3. The highest BCUT2D eigenvalue weighted by Gasteiger charge is 2.44. The molecular formula is C22H15F3N5O4+. The SMILES string of the molecule is NC(=O)c1cccc2cn(-c3ccc(NC(=O)c4ccc[n+](OC(=O)C(F)(F)F)c4)cc3)nc12. The van der Waals surface area contributed by atoms with E-state index >= 15 is 0 Å². The first-order valence-electron chi connectivity index (χ1n) is 9.62. The van der Waals surface area contributed by atoms with Crippen molar-refractivity contribution in [2.45, 2.75) is 6.18 Å². The van der Waals surface area contributed by atoms with Crippen LogP contribution in [0, 0.1) is 0 Å². The summed E-state index contributed by atoms with van der Waals surface area (Å²) in [6, 6.07) is 14.2. The summed E-state index contributed by atoms with van der Waals surface area (Å²) in [5.41, 5.74) is 7.13. The van der Waals surface area contributed by atoms with E-state index in [0.29, 0.717) is 27.2 Å². The molecule has 0 spiro atoms. The molecule has 0 unspecified atom stereocenters. The van der Waals surface area contributed by atoms with Gasteiger partial charge < -0.3 is 11.1 Å². The minimum atomic E-state index is -5.17. The number of hydrogen-bond donors (Lipinski definition) is 2. The van der Waals surface area contributed by atoms with E-state index in [1.807, 2.05) is 0 Å². The number of primary amides is 1. The zero-order valence-corrected chi connectivity index (χ0v) is 17.1.